The van der Waals surface area contributed by atoms with Gasteiger partial charge in [-0.3, -0.25) is 4.79 Å². The van der Waals surface area contributed by atoms with E-state index in [1.165, 1.54) is 11.9 Å². The molecular formula is C25H30N2O5. The van der Waals surface area contributed by atoms with Crippen molar-refractivity contribution >= 4 is 18.0 Å². The molecule has 7 heteroatoms. The van der Waals surface area contributed by atoms with Crippen LogP contribution in [-0.2, 0) is 14.3 Å². The molecule has 1 aliphatic carbocycles. The summed E-state index contributed by atoms with van der Waals surface area (Å²) in [6.45, 7) is 5.43. The molecule has 0 spiro atoms. The normalized spacial score (nSPS) is 14.3. The van der Waals surface area contributed by atoms with E-state index in [0.29, 0.717) is 0 Å². The SMILES string of the molecule is CCC(C(=O)O)N(C)C(=O)C(NC(=O)OCC1c2ccccc2-c2ccccc21)C(C)C. The number of carboxylic acids is 1. The van der Waals surface area contributed by atoms with Gasteiger partial charge >= 0.3 is 12.1 Å². The maximum absolute atomic E-state index is 12.9. The van der Waals surface area contributed by atoms with Crippen molar-refractivity contribution in [2.75, 3.05) is 13.7 Å². The van der Waals surface area contributed by atoms with E-state index in [-0.39, 0.29) is 24.9 Å². The molecule has 2 unspecified atom stereocenters. The number of likely N-dealkylation sites (N-methyl/N-ethyl adjacent to an activating group) is 1. The van der Waals surface area contributed by atoms with Gasteiger partial charge in [0.25, 0.3) is 0 Å². The molecule has 2 aromatic carbocycles. The van der Waals surface area contributed by atoms with Crippen LogP contribution in [0.2, 0.25) is 0 Å². The summed E-state index contributed by atoms with van der Waals surface area (Å²) in [5.74, 6) is -1.85. The first-order chi connectivity index (χ1) is 15.3. The summed E-state index contributed by atoms with van der Waals surface area (Å²) in [6, 6.07) is 14.3. The van der Waals surface area contributed by atoms with Gasteiger partial charge in [-0.25, -0.2) is 9.59 Å². The van der Waals surface area contributed by atoms with E-state index < -0.39 is 30.1 Å². The van der Waals surface area contributed by atoms with Crippen LogP contribution in [-0.4, -0.2) is 53.7 Å². The number of carbonyl (C=O) groups is 3. The van der Waals surface area contributed by atoms with Crippen molar-refractivity contribution in [1.82, 2.24) is 10.2 Å². The minimum absolute atomic E-state index is 0.0829. The van der Waals surface area contributed by atoms with Gasteiger partial charge in [-0.05, 0) is 34.6 Å². The predicted octanol–water partition coefficient (Wildman–Crippen LogP) is 3.87. The molecule has 0 fully saturated rings. The maximum Gasteiger partial charge on any atom is 0.407 e. The number of rotatable bonds is 8. The molecule has 0 aromatic heterocycles. The Morgan fingerprint density at radius 2 is 1.56 bits per heavy atom. The molecule has 2 amide bonds. The average Bonchev–Trinajstić information content (AvgIpc) is 3.09. The van der Waals surface area contributed by atoms with E-state index in [2.05, 4.69) is 17.4 Å². The van der Waals surface area contributed by atoms with E-state index in [1.54, 1.807) is 20.8 Å². The summed E-state index contributed by atoms with van der Waals surface area (Å²) in [5.41, 5.74) is 4.47. The van der Waals surface area contributed by atoms with Gasteiger partial charge in [0.2, 0.25) is 5.91 Å². The highest BCUT2D eigenvalue weighted by Crippen LogP contribution is 2.44. The lowest BCUT2D eigenvalue weighted by atomic mass is 9.98. The second-order valence-corrected chi connectivity index (χ2v) is 8.40. The fourth-order valence-electron chi connectivity index (χ4n) is 4.27. The number of fused-ring (bicyclic) bond motifs is 3. The number of amides is 2. The van der Waals surface area contributed by atoms with Crippen LogP contribution in [0.25, 0.3) is 11.1 Å². The van der Waals surface area contributed by atoms with Gasteiger partial charge in [-0.1, -0.05) is 69.3 Å². The van der Waals surface area contributed by atoms with Crippen molar-refractivity contribution < 1.29 is 24.2 Å². The number of hydrogen-bond acceptors (Lipinski definition) is 4. The molecule has 32 heavy (non-hydrogen) atoms. The third-order valence-corrected chi connectivity index (χ3v) is 6.04. The Kier molecular flexibility index (Phi) is 7.18. The van der Waals surface area contributed by atoms with E-state index >= 15 is 0 Å². The molecule has 3 rings (SSSR count). The van der Waals surface area contributed by atoms with Crippen molar-refractivity contribution in [1.29, 1.82) is 0 Å². The number of nitrogens with one attached hydrogen (secondary N) is 1. The lowest BCUT2D eigenvalue weighted by Gasteiger charge is -2.30. The van der Waals surface area contributed by atoms with Crippen molar-refractivity contribution in [3.63, 3.8) is 0 Å². The topological polar surface area (TPSA) is 95.9 Å². The number of ether oxygens (including phenoxy) is 1. The molecule has 0 heterocycles. The summed E-state index contributed by atoms with van der Waals surface area (Å²) in [4.78, 5) is 38.1. The number of alkyl carbamates (subject to hydrolysis) is 1. The molecule has 0 saturated heterocycles. The zero-order chi connectivity index (χ0) is 23.4. The first-order valence-electron chi connectivity index (χ1n) is 10.9. The minimum Gasteiger partial charge on any atom is -0.480 e. The number of carboxylic acid groups (broad SMARTS) is 1. The Labute approximate surface area is 188 Å². The van der Waals surface area contributed by atoms with Crippen LogP contribution < -0.4 is 5.32 Å². The molecule has 0 saturated carbocycles. The highest BCUT2D eigenvalue weighted by molar-refractivity contribution is 5.89. The standard InChI is InChI=1S/C25H30N2O5/c1-5-21(24(29)30)27(4)23(28)22(15(2)3)26-25(31)32-14-20-18-12-8-6-10-16(18)17-11-7-9-13-19(17)20/h6-13,15,20-22H,5,14H2,1-4H3,(H,26,31)(H,29,30). The van der Waals surface area contributed by atoms with Crippen LogP contribution in [0.1, 0.15) is 44.2 Å². The largest absolute Gasteiger partial charge is 0.480 e. The Balaban J connectivity index is 1.69. The highest BCUT2D eigenvalue weighted by atomic mass is 16.5. The first kappa shape index (κ1) is 23.3. The van der Waals surface area contributed by atoms with E-state index in [4.69, 9.17) is 4.74 Å². The number of carbonyl (C=O) groups excluding carboxylic acids is 2. The van der Waals surface area contributed by atoms with Crippen LogP contribution in [0.4, 0.5) is 4.79 Å². The van der Waals surface area contributed by atoms with Gasteiger partial charge in [0.15, 0.2) is 0 Å². The van der Waals surface area contributed by atoms with E-state index in [0.717, 1.165) is 22.3 Å². The Bertz CT molecular complexity index is 958. The molecular weight excluding hydrogens is 408 g/mol. The number of aliphatic carboxylic acids is 1. The molecule has 0 aliphatic heterocycles. The van der Waals surface area contributed by atoms with E-state index in [9.17, 15) is 19.5 Å². The lowest BCUT2D eigenvalue weighted by Crippen LogP contribution is -2.54. The summed E-state index contributed by atoms with van der Waals surface area (Å²) in [7, 11) is 1.44. The van der Waals surface area contributed by atoms with Crippen LogP contribution in [0.3, 0.4) is 0 Å². The second kappa shape index (κ2) is 9.85. The molecule has 170 valence electrons. The number of nitrogens with zero attached hydrogens (tertiary/aromatic N) is 1. The van der Waals surface area contributed by atoms with Crippen LogP contribution in [0.15, 0.2) is 48.5 Å². The summed E-state index contributed by atoms with van der Waals surface area (Å²) in [6.07, 6.45) is -0.427. The number of benzene rings is 2. The van der Waals surface area contributed by atoms with Crippen molar-refractivity contribution in [3.05, 3.63) is 59.7 Å². The molecule has 2 aromatic rings. The van der Waals surface area contributed by atoms with Gasteiger partial charge in [0, 0.05) is 13.0 Å². The Morgan fingerprint density at radius 3 is 2.03 bits per heavy atom. The van der Waals surface area contributed by atoms with Crippen molar-refractivity contribution in [2.45, 2.75) is 45.2 Å². The average molecular weight is 439 g/mol. The third-order valence-electron chi connectivity index (χ3n) is 6.04. The summed E-state index contributed by atoms with van der Waals surface area (Å²) in [5, 5.41) is 12.0. The van der Waals surface area contributed by atoms with E-state index in [1.807, 2.05) is 36.4 Å². The lowest BCUT2D eigenvalue weighted by molar-refractivity contribution is -0.150. The molecule has 7 nitrogen and oxygen atoms in total. The van der Waals surface area contributed by atoms with Gasteiger partial charge in [0.1, 0.15) is 18.7 Å². The number of hydrogen-bond donors (Lipinski definition) is 2. The van der Waals surface area contributed by atoms with Gasteiger partial charge in [-0.2, -0.15) is 0 Å². The van der Waals surface area contributed by atoms with Gasteiger partial charge < -0.3 is 20.1 Å². The minimum atomic E-state index is -1.08. The smallest absolute Gasteiger partial charge is 0.407 e. The van der Waals surface area contributed by atoms with Crippen molar-refractivity contribution in [2.24, 2.45) is 5.92 Å². The Morgan fingerprint density at radius 1 is 1.03 bits per heavy atom. The molecule has 0 bridgehead atoms. The molecule has 2 N–H and O–H groups in total. The molecule has 0 radical (unpaired) electrons. The zero-order valence-electron chi connectivity index (χ0n) is 18.9. The van der Waals surface area contributed by atoms with Crippen LogP contribution in [0, 0.1) is 5.92 Å². The van der Waals surface area contributed by atoms with Gasteiger partial charge in [0.05, 0.1) is 0 Å². The van der Waals surface area contributed by atoms with Crippen LogP contribution in [0.5, 0.6) is 0 Å². The summed E-state index contributed by atoms with van der Waals surface area (Å²) >= 11 is 0. The molecule has 2 atom stereocenters. The predicted molar refractivity (Wildman–Crippen MR) is 121 cm³/mol. The monoisotopic (exact) mass is 438 g/mol. The molecule has 1 aliphatic rings. The fraction of sp³-hybridized carbons (Fsp3) is 0.400. The Hall–Kier alpha value is -3.35. The quantitative estimate of drug-likeness (QED) is 0.652. The summed E-state index contributed by atoms with van der Waals surface area (Å²) < 4.78 is 5.55. The maximum atomic E-state index is 12.9. The highest BCUT2D eigenvalue weighted by Gasteiger charge is 2.34. The first-order valence-corrected chi connectivity index (χ1v) is 10.9. The van der Waals surface area contributed by atoms with Gasteiger partial charge in [-0.15, -0.1) is 0 Å². The van der Waals surface area contributed by atoms with Crippen LogP contribution >= 0.6 is 0 Å². The second-order valence-electron chi connectivity index (χ2n) is 8.40. The fourth-order valence-corrected chi connectivity index (χ4v) is 4.27. The zero-order valence-corrected chi connectivity index (χ0v) is 18.9. The van der Waals surface area contributed by atoms with Crippen molar-refractivity contribution in [3.8, 4) is 11.1 Å². The third kappa shape index (κ3) is 4.61.